The molecule has 0 aliphatic carbocycles. The molecule has 0 aliphatic rings. The summed E-state index contributed by atoms with van der Waals surface area (Å²) < 4.78 is 46.9. The fourth-order valence-corrected chi connectivity index (χ4v) is 9.91. The van der Waals surface area contributed by atoms with Gasteiger partial charge in [0.05, 0.1) is 30.9 Å². The zero-order valence-corrected chi connectivity index (χ0v) is 47.9. The molecule has 0 saturated heterocycles. The SMILES string of the molecule is C=C(C)CCc1oc2cc(-c3ccc(OC)nc3)ccc2c1-c1ccc(C)o1.C=C(C)CCc1oc2cc(-c3cccnc3)ccc2c1-c1ccc(C)o1.C=C(C)CCc1oc2cc(-c3ccnc(OC)c3)ccc2c1-c1ccc(C)o1. The van der Waals surface area contributed by atoms with E-state index < -0.39 is 0 Å². The highest BCUT2D eigenvalue weighted by molar-refractivity contribution is 5.99. The molecule has 0 aliphatic heterocycles. The van der Waals surface area contributed by atoms with Crippen molar-refractivity contribution >= 4 is 32.9 Å². The average molecular weight is 1090 g/mol. The van der Waals surface area contributed by atoms with Gasteiger partial charge in [-0.1, -0.05) is 41.0 Å². The maximum absolute atomic E-state index is 6.28. The Morgan fingerprint density at radius 1 is 0.402 bits per heavy atom. The monoisotopic (exact) mass is 1090 g/mol. The van der Waals surface area contributed by atoms with E-state index in [0.717, 1.165) is 190 Å². The van der Waals surface area contributed by atoms with Gasteiger partial charge in [0, 0.05) is 83.5 Å². The summed E-state index contributed by atoms with van der Waals surface area (Å²) in [4.78, 5) is 12.7. The smallest absolute Gasteiger partial charge is 0.213 e. The summed E-state index contributed by atoms with van der Waals surface area (Å²) in [6.07, 6.45) is 12.2. The third-order valence-electron chi connectivity index (χ3n) is 14.1. The first-order chi connectivity index (χ1) is 39.7. The summed E-state index contributed by atoms with van der Waals surface area (Å²) in [5.41, 5.74) is 15.4. The lowest BCUT2D eigenvalue weighted by Gasteiger charge is -2.04. The number of rotatable bonds is 17. The number of benzene rings is 3. The van der Waals surface area contributed by atoms with E-state index in [0.29, 0.717) is 11.8 Å². The number of pyridine rings is 3. The molecule has 9 aromatic heterocycles. The molecule has 0 spiro atoms. The number of ether oxygens (including phenoxy) is 2. The van der Waals surface area contributed by atoms with Gasteiger partial charge in [0.25, 0.3) is 0 Å². The number of hydrogen-bond donors (Lipinski definition) is 0. The lowest BCUT2D eigenvalue weighted by atomic mass is 10.0. The third kappa shape index (κ3) is 12.7. The van der Waals surface area contributed by atoms with Crippen molar-refractivity contribution in [3.63, 3.8) is 0 Å². The lowest BCUT2D eigenvalue weighted by Crippen LogP contribution is -1.87. The summed E-state index contributed by atoms with van der Waals surface area (Å²) in [6, 6.07) is 42.5. The van der Waals surface area contributed by atoms with Crippen LogP contribution in [-0.2, 0) is 19.3 Å². The van der Waals surface area contributed by atoms with Gasteiger partial charge in [-0.2, -0.15) is 0 Å². The fourth-order valence-electron chi connectivity index (χ4n) is 9.91. The van der Waals surface area contributed by atoms with Crippen LogP contribution in [0.4, 0.5) is 0 Å². The second-order valence-corrected chi connectivity index (χ2v) is 20.9. The molecule has 12 rings (SSSR count). The molecule has 12 aromatic rings. The molecule has 0 radical (unpaired) electrons. The van der Waals surface area contributed by atoms with E-state index in [9.17, 15) is 0 Å². The molecule has 11 nitrogen and oxygen atoms in total. The average Bonchev–Trinajstić information content (AvgIpc) is 4.57. The molecule has 0 bridgehead atoms. The molecule has 0 amide bonds. The van der Waals surface area contributed by atoms with Crippen LogP contribution in [0.2, 0.25) is 0 Å². The quantitative estimate of drug-likeness (QED) is 0.0806. The Morgan fingerprint density at radius 3 is 1.16 bits per heavy atom. The number of fused-ring (bicyclic) bond motifs is 3. The Bertz CT molecular complexity index is 4210. The number of allylic oxidation sites excluding steroid dienone is 3. The first-order valence-corrected chi connectivity index (χ1v) is 27.4. The topological polar surface area (TPSA) is 136 Å². The van der Waals surface area contributed by atoms with Crippen molar-refractivity contribution in [2.45, 2.75) is 80.1 Å². The van der Waals surface area contributed by atoms with Crippen LogP contribution >= 0.6 is 0 Å². The van der Waals surface area contributed by atoms with Crippen LogP contribution < -0.4 is 9.47 Å². The first kappa shape index (κ1) is 55.7. The van der Waals surface area contributed by atoms with Gasteiger partial charge in [0.2, 0.25) is 11.8 Å². The van der Waals surface area contributed by atoms with Gasteiger partial charge >= 0.3 is 0 Å². The highest BCUT2D eigenvalue weighted by atomic mass is 16.5. The molecule has 0 atom stereocenters. The van der Waals surface area contributed by atoms with Gasteiger partial charge in [-0.3, -0.25) is 4.98 Å². The van der Waals surface area contributed by atoms with E-state index in [4.69, 9.17) is 36.0 Å². The minimum atomic E-state index is 0.589. The second-order valence-electron chi connectivity index (χ2n) is 20.9. The van der Waals surface area contributed by atoms with Gasteiger partial charge in [0.1, 0.15) is 68.6 Å². The molecule has 0 fully saturated rings. The highest BCUT2D eigenvalue weighted by Gasteiger charge is 2.23. The molecule has 0 N–H and O–H groups in total. The summed E-state index contributed by atoms with van der Waals surface area (Å²) >= 11 is 0. The van der Waals surface area contributed by atoms with E-state index >= 15 is 0 Å². The molecule has 11 heteroatoms. The fraction of sp³-hybridized carbons (Fsp3) is 0.197. The Hall–Kier alpha value is -9.61. The van der Waals surface area contributed by atoms with Crippen molar-refractivity contribution in [1.29, 1.82) is 0 Å². The van der Waals surface area contributed by atoms with Crippen molar-refractivity contribution in [3.05, 3.63) is 223 Å². The molecular formula is C71H67N3O8. The van der Waals surface area contributed by atoms with Gasteiger partial charge in [0.15, 0.2) is 0 Å². The third-order valence-corrected chi connectivity index (χ3v) is 14.1. The highest BCUT2D eigenvalue weighted by Crippen LogP contribution is 2.42. The largest absolute Gasteiger partial charge is 0.481 e. The Labute approximate surface area is 478 Å². The Balaban J connectivity index is 0.000000138. The number of hydrogen-bond acceptors (Lipinski definition) is 11. The molecule has 0 unspecified atom stereocenters. The number of aromatic nitrogens is 3. The molecule has 414 valence electrons. The summed E-state index contributed by atoms with van der Waals surface area (Å²) in [6.45, 7) is 24.0. The van der Waals surface area contributed by atoms with Gasteiger partial charge in [-0.25, -0.2) is 9.97 Å². The second kappa shape index (κ2) is 24.8. The van der Waals surface area contributed by atoms with Crippen LogP contribution in [-0.4, -0.2) is 29.2 Å². The van der Waals surface area contributed by atoms with E-state index in [1.54, 1.807) is 26.6 Å². The Kier molecular flexibility index (Phi) is 16.9. The van der Waals surface area contributed by atoms with Gasteiger partial charge in [-0.05, 0) is 174 Å². The normalized spacial score (nSPS) is 11.1. The number of aryl methyl sites for hydroxylation is 6. The van der Waals surface area contributed by atoms with Crippen LogP contribution in [0, 0.1) is 20.8 Å². The zero-order chi connectivity index (χ0) is 57.4. The van der Waals surface area contributed by atoms with Crippen LogP contribution in [0.25, 0.3) is 100 Å². The minimum absolute atomic E-state index is 0.589. The number of furan rings is 6. The summed E-state index contributed by atoms with van der Waals surface area (Å²) in [7, 11) is 3.23. The van der Waals surface area contributed by atoms with Crippen molar-refractivity contribution in [3.8, 4) is 79.1 Å². The van der Waals surface area contributed by atoms with Crippen molar-refractivity contribution < 1.29 is 36.0 Å². The lowest BCUT2D eigenvalue weighted by molar-refractivity contribution is 0.398. The molecule has 82 heavy (non-hydrogen) atoms. The number of methoxy groups -OCH3 is 2. The van der Waals surface area contributed by atoms with Gasteiger partial charge in [-0.15, -0.1) is 19.7 Å². The molecule has 0 saturated carbocycles. The molecular weight excluding hydrogens is 1020 g/mol. The van der Waals surface area contributed by atoms with E-state index in [-0.39, 0.29) is 0 Å². The van der Waals surface area contributed by atoms with Gasteiger partial charge < -0.3 is 36.0 Å². The van der Waals surface area contributed by atoms with Crippen molar-refractivity contribution in [2.24, 2.45) is 0 Å². The summed E-state index contributed by atoms with van der Waals surface area (Å²) in [5.74, 6) is 9.19. The maximum atomic E-state index is 6.28. The van der Waals surface area contributed by atoms with E-state index in [2.05, 4.69) is 95.4 Å². The predicted octanol–water partition coefficient (Wildman–Crippen LogP) is 19.7. The van der Waals surface area contributed by atoms with Crippen LogP contribution in [0.5, 0.6) is 11.8 Å². The summed E-state index contributed by atoms with van der Waals surface area (Å²) in [5, 5.41) is 3.18. The van der Waals surface area contributed by atoms with Crippen LogP contribution in [0.1, 0.15) is 74.6 Å². The van der Waals surface area contributed by atoms with Crippen LogP contribution in [0.3, 0.4) is 0 Å². The maximum Gasteiger partial charge on any atom is 0.213 e. The molecule has 9 heterocycles. The van der Waals surface area contributed by atoms with Crippen LogP contribution in [0.15, 0.2) is 215 Å². The zero-order valence-electron chi connectivity index (χ0n) is 47.9. The van der Waals surface area contributed by atoms with Crippen molar-refractivity contribution in [1.82, 2.24) is 15.0 Å². The number of nitrogens with zero attached hydrogens (tertiary/aromatic N) is 3. The van der Waals surface area contributed by atoms with E-state index in [1.807, 2.05) is 121 Å². The Morgan fingerprint density at radius 2 is 0.805 bits per heavy atom. The standard InChI is InChI=1S/2C24H23NO3.C23H21NO2/c1-15(2)5-10-21-24(20-11-6-16(3)27-20)19-9-7-17(13-22(19)28-21)18-8-12-23(26-4)25-14-18;1-15(2)5-9-21-24(20-10-6-16(3)27-20)19-8-7-17(13-22(19)28-21)18-11-12-25-23(14-18)26-4;1-15(2)6-10-21-23(20-11-7-16(3)25-20)19-9-8-17(13-22(19)26-21)18-5-4-12-24-14-18/h6-9,11-14H,1,5,10H2,2-4H3;6-8,10-14H,1,5,9H2,2-4H3;4-5,7-9,11-14H,1,6,10H2,2-3H3. The van der Waals surface area contributed by atoms with Crippen molar-refractivity contribution in [2.75, 3.05) is 14.2 Å². The molecule has 3 aromatic carbocycles. The predicted molar refractivity (Wildman–Crippen MR) is 328 cm³/mol. The van der Waals surface area contributed by atoms with E-state index in [1.165, 1.54) is 0 Å². The first-order valence-electron chi connectivity index (χ1n) is 27.4. The minimum Gasteiger partial charge on any atom is -0.481 e.